The quantitative estimate of drug-likeness (QED) is 0.399. The van der Waals surface area contributed by atoms with E-state index in [0.29, 0.717) is 58.4 Å². The predicted molar refractivity (Wildman–Crippen MR) is 146 cm³/mol. The van der Waals surface area contributed by atoms with Crippen molar-refractivity contribution in [3.8, 4) is 5.69 Å². The van der Waals surface area contributed by atoms with Gasteiger partial charge in [-0.05, 0) is 36.4 Å². The number of amides is 3. The molecular formula is C27H24ClFN6O3S. The average Bonchev–Trinajstić information content (AvgIpc) is 3.56. The summed E-state index contributed by atoms with van der Waals surface area (Å²) in [6, 6.07) is 9.64. The van der Waals surface area contributed by atoms with Gasteiger partial charge in [0.1, 0.15) is 5.82 Å². The molecule has 3 amide bonds. The smallest absolute Gasteiger partial charge is 0.282 e. The summed E-state index contributed by atoms with van der Waals surface area (Å²) in [5.41, 5.74) is 6.85. The van der Waals surface area contributed by atoms with Crippen molar-refractivity contribution in [1.29, 1.82) is 0 Å². The van der Waals surface area contributed by atoms with Crippen molar-refractivity contribution in [2.45, 2.75) is 6.04 Å². The minimum atomic E-state index is -0.858. The molecule has 2 aromatic carbocycles. The lowest BCUT2D eigenvalue weighted by Crippen LogP contribution is -2.64. The highest BCUT2D eigenvalue weighted by Crippen LogP contribution is 2.31. The lowest BCUT2D eigenvalue weighted by atomic mass is 10.0. The number of rotatable bonds is 5. The summed E-state index contributed by atoms with van der Waals surface area (Å²) in [4.78, 5) is 47.4. The van der Waals surface area contributed by atoms with Gasteiger partial charge in [-0.15, -0.1) is 11.3 Å². The monoisotopic (exact) mass is 566 g/mol. The number of carbonyl (C=O) groups excluding carboxylic acids is 3. The molecule has 0 atom stereocenters. The number of piperazine rings is 1. The predicted octanol–water partition coefficient (Wildman–Crippen LogP) is 3.26. The van der Waals surface area contributed by atoms with E-state index in [2.05, 4.69) is 9.88 Å². The largest absolute Gasteiger partial charge is 0.366 e. The van der Waals surface area contributed by atoms with Gasteiger partial charge in [-0.25, -0.2) is 9.37 Å². The third-order valence-electron chi connectivity index (χ3n) is 7.38. The lowest BCUT2D eigenvalue weighted by molar-refractivity contribution is 0.00853. The van der Waals surface area contributed by atoms with Gasteiger partial charge in [0.25, 0.3) is 17.7 Å². The second-order valence-corrected chi connectivity index (χ2v) is 10.9. The summed E-state index contributed by atoms with van der Waals surface area (Å²) in [5, 5.41) is 3.42. The highest BCUT2D eigenvalue weighted by atomic mass is 35.5. The number of carbonyl (C=O) groups is 3. The number of hydrogen-bond donors (Lipinski definition) is 1. The van der Waals surface area contributed by atoms with Crippen LogP contribution in [-0.4, -0.2) is 87.3 Å². The Kier molecular flexibility index (Phi) is 6.57. The molecule has 9 nitrogen and oxygen atoms in total. The SMILES string of the molecule is NC(=O)c1cc(-n2cc(Cl)c3cc(C(=O)N4CC(N5CCN(C(=O)c6nccs6)CC5)C4)ccc32)ccc1F. The van der Waals surface area contributed by atoms with Gasteiger partial charge in [-0.3, -0.25) is 19.3 Å². The van der Waals surface area contributed by atoms with Gasteiger partial charge in [0, 0.05) is 79.7 Å². The standard InChI is InChI=1S/C27H24ClFN6O3S/c28-21-15-35(17-2-3-22(29)20(12-17)24(30)36)23-4-1-16(11-19(21)23)26(37)34-13-18(14-34)32-6-8-33(9-7-32)27(38)25-31-5-10-39-25/h1-5,10-12,15,18H,6-9,13-14H2,(H2,30,36). The van der Waals surface area contributed by atoms with Crippen LogP contribution in [0.3, 0.4) is 0 Å². The number of nitrogens with zero attached hydrogens (tertiary/aromatic N) is 5. The minimum Gasteiger partial charge on any atom is -0.366 e. The maximum absolute atomic E-state index is 14.0. The molecule has 2 aliphatic rings. The van der Waals surface area contributed by atoms with Crippen LogP contribution < -0.4 is 5.73 Å². The molecule has 2 N–H and O–H groups in total. The Balaban J connectivity index is 1.11. The topological polar surface area (TPSA) is 105 Å². The fourth-order valence-electron chi connectivity index (χ4n) is 5.18. The summed E-state index contributed by atoms with van der Waals surface area (Å²) in [6.07, 6.45) is 3.30. The fraction of sp³-hybridized carbons (Fsp3) is 0.259. The van der Waals surface area contributed by atoms with Crippen LogP contribution in [0.2, 0.25) is 5.02 Å². The van der Waals surface area contributed by atoms with E-state index < -0.39 is 11.7 Å². The van der Waals surface area contributed by atoms with E-state index in [1.54, 1.807) is 40.5 Å². The van der Waals surface area contributed by atoms with Crippen LogP contribution in [0.25, 0.3) is 16.6 Å². The van der Waals surface area contributed by atoms with Gasteiger partial charge >= 0.3 is 0 Å². The van der Waals surface area contributed by atoms with Crippen molar-refractivity contribution >= 4 is 51.6 Å². The van der Waals surface area contributed by atoms with Crippen LogP contribution in [-0.2, 0) is 0 Å². The number of primary amides is 1. The Labute approximate surface area is 232 Å². The van der Waals surface area contributed by atoms with Crippen molar-refractivity contribution in [3.63, 3.8) is 0 Å². The fourth-order valence-corrected chi connectivity index (χ4v) is 6.03. The van der Waals surface area contributed by atoms with E-state index in [0.717, 1.165) is 13.1 Å². The molecule has 4 aromatic rings. The number of fused-ring (bicyclic) bond motifs is 1. The third-order valence-corrected chi connectivity index (χ3v) is 8.44. The van der Waals surface area contributed by atoms with Crippen LogP contribution in [0.15, 0.2) is 54.2 Å². The molecule has 0 aliphatic carbocycles. The van der Waals surface area contributed by atoms with Crippen LogP contribution in [0.4, 0.5) is 4.39 Å². The summed E-state index contributed by atoms with van der Waals surface area (Å²) >= 11 is 7.86. The van der Waals surface area contributed by atoms with E-state index in [9.17, 15) is 18.8 Å². The molecule has 0 bridgehead atoms. The molecule has 0 saturated carbocycles. The first-order valence-corrected chi connectivity index (χ1v) is 13.7. The van der Waals surface area contributed by atoms with E-state index in [1.807, 2.05) is 9.80 Å². The Morgan fingerprint density at radius 3 is 2.46 bits per heavy atom. The third kappa shape index (κ3) is 4.66. The van der Waals surface area contributed by atoms with Gasteiger partial charge in [0.2, 0.25) is 0 Å². The first-order chi connectivity index (χ1) is 18.8. The summed E-state index contributed by atoms with van der Waals surface area (Å²) in [5.74, 6) is -1.65. The summed E-state index contributed by atoms with van der Waals surface area (Å²) in [7, 11) is 0. The molecule has 2 aromatic heterocycles. The molecule has 0 spiro atoms. The van der Waals surface area contributed by atoms with Gasteiger partial charge in [-0.1, -0.05) is 11.6 Å². The minimum absolute atomic E-state index is 0.0225. The highest BCUT2D eigenvalue weighted by Gasteiger charge is 2.37. The second kappa shape index (κ2) is 10.1. The highest BCUT2D eigenvalue weighted by molar-refractivity contribution is 7.11. The van der Waals surface area contributed by atoms with Crippen molar-refractivity contribution in [3.05, 3.63) is 81.1 Å². The number of likely N-dealkylation sites (tertiary alicyclic amines) is 1. The molecule has 0 radical (unpaired) electrons. The number of aromatic nitrogens is 2. The molecule has 200 valence electrons. The Morgan fingerprint density at radius 1 is 1.00 bits per heavy atom. The molecule has 6 rings (SSSR count). The molecule has 39 heavy (non-hydrogen) atoms. The van der Waals surface area contributed by atoms with E-state index in [4.69, 9.17) is 17.3 Å². The molecule has 12 heteroatoms. The Hall–Kier alpha value is -3.80. The van der Waals surface area contributed by atoms with Gasteiger partial charge in [0.05, 0.1) is 16.1 Å². The maximum Gasteiger partial charge on any atom is 0.282 e. The van der Waals surface area contributed by atoms with Crippen LogP contribution in [0.1, 0.15) is 30.5 Å². The van der Waals surface area contributed by atoms with E-state index in [1.165, 1.54) is 29.5 Å². The normalized spacial score (nSPS) is 16.5. The molecule has 4 heterocycles. The van der Waals surface area contributed by atoms with Crippen molar-refractivity contribution in [2.75, 3.05) is 39.3 Å². The second-order valence-electron chi connectivity index (χ2n) is 9.64. The average molecular weight is 567 g/mol. The van der Waals surface area contributed by atoms with Crippen molar-refractivity contribution in [2.24, 2.45) is 5.73 Å². The molecule has 2 fully saturated rings. The molecular weight excluding hydrogens is 543 g/mol. The van der Waals surface area contributed by atoms with E-state index in [-0.39, 0.29) is 23.4 Å². The van der Waals surface area contributed by atoms with Crippen LogP contribution in [0.5, 0.6) is 0 Å². The number of benzene rings is 2. The number of nitrogens with two attached hydrogens (primary N) is 1. The Morgan fingerprint density at radius 2 is 1.77 bits per heavy atom. The summed E-state index contributed by atoms with van der Waals surface area (Å²) in [6.45, 7) is 4.06. The molecule has 2 saturated heterocycles. The number of thiazole rings is 1. The van der Waals surface area contributed by atoms with Crippen molar-refractivity contribution < 1.29 is 18.8 Å². The molecule has 2 aliphatic heterocycles. The lowest BCUT2D eigenvalue weighted by Gasteiger charge is -2.48. The first-order valence-electron chi connectivity index (χ1n) is 12.4. The zero-order valence-corrected chi connectivity index (χ0v) is 22.3. The maximum atomic E-state index is 14.0. The van der Waals surface area contributed by atoms with Crippen LogP contribution in [0, 0.1) is 5.82 Å². The first kappa shape index (κ1) is 25.5. The molecule has 0 unspecified atom stereocenters. The van der Waals surface area contributed by atoms with E-state index >= 15 is 0 Å². The Bertz CT molecular complexity index is 1590. The van der Waals surface area contributed by atoms with Gasteiger partial charge in [-0.2, -0.15) is 0 Å². The zero-order chi connectivity index (χ0) is 27.3. The van der Waals surface area contributed by atoms with Gasteiger partial charge < -0.3 is 20.1 Å². The van der Waals surface area contributed by atoms with Gasteiger partial charge in [0.15, 0.2) is 5.01 Å². The summed E-state index contributed by atoms with van der Waals surface area (Å²) < 4.78 is 15.7. The zero-order valence-electron chi connectivity index (χ0n) is 20.7. The number of hydrogen-bond acceptors (Lipinski definition) is 6. The van der Waals surface area contributed by atoms with Crippen LogP contribution >= 0.6 is 22.9 Å². The number of halogens is 2. The van der Waals surface area contributed by atoms with Crippen molar-refractivity contribution in [1.82, 2.24) is 24.3 Å².